The highest BCUT2D eigenvalue weighted by molar-refractivity contribution is 6.31. The highest BCUT2D eigenvalue weighted by Crippen LogP contribution is 2.43. The van der Waals surface area contributed by atoms with E-state index >= 15 is 0 Å². The smallest absolute Gasteiger partial charge is 0.225 e. The van der Waals surface area contributed by atoms with Gasteiger partial charge in [0.25, 0.3) is 0 Å². The van der Waals surface area contributed by atoms with E-state index in [4.69, 9.17) is 56.4 Å². The van der Waals surface area contributed by atoms with Crippen LogP contribution in [0.4, 0.5) is 0 Å². The Hall–Kier alpha value is -3.42. The van der Waals surface area contributed by atoms with E-state index in [1.54, 1.807) is 30.3 Å². The lowest BCUT2D eigenvalue weighted by molar-refractivity contribution is -0.381. The van der Waals surface area contributed by atoms with Crippen molar-refractivity contribution in [2.75, 3.05) is 39.6 Å². The summed E-state index contributed by atoms with van der Waals surface area (Å²) in [6.45, 7) is 1.16. The Morgan fingerprint density at radius 1 is 0.613 bits per heavy atom. The molecule has 0 spiro atoms. The van der Waals surface area contributed by atoms with Gasteiger partial charge in [0, 0.05) is 28.5 Å². The van der Waals surface area contributed by atoms with Crippen LogP contribution in [0.5, 0.6) is 11.5 Å². The lowest BCUT2D eigenvalue weighted by atomic mass is 9.87. The van der Waals surface area contributed by atoms with E-state index in [1.165, 1.54) is 6.07 Å². The Kier molecular flexibility index (Phi) is 14.4. The first-order valence-corrected chi connectivity index (χ1v) is 21.6. The molecule has 4 heterocycles. The summed E-state index contributed by atoms with van der Waals surface area (Å²) in [6.07, 6.45) is -11.7. The molecule has 1 unspecified atom stereocenters. The van der Waals surface area contributed by atoms with E-state index in [9.17, 15) is 35.7 Å². The van der Waals surface area contributed by atoms with Crippen molar-refractivity contribution in [3.63, 3.8) is 0 Å². The molecule has 4 fully saturated rings. The summed E-state index contributed by atoms with van der Waals surface area (Å²) in [5.41, 5.74) is 3.98. The quantitative estimate of drug-likeness (QED) is 0.0970. The zero-order valence-electron chi connectivity index (χ0n) is 33.7. The molecular weight excluding hydrogens is 847 g/mol. The SMILES string of the molecule is OC[C@H]1OC(OC[C@H]2O[C@@H](c3ccc(Cc4ccc(O[C@H]5CCOC5)cc4)c(Cl)c3)[C@H](O)[C@@H](O)[C@@H]2O)(c2ccc(Cc3ccc(O[C@H]4CCOC4)cc3)c(Cl)c2)[C@H](O)[C@@H](O)[C@@H]1O. The molecule has 62 heavy (non-hydrogen) atoms. The van der Waals surface area contributed by atoms with Crippen molar-refractivity contribution < 1.29 is 68.9 Å². The van der Waals surface area contributed by atoms with Gasteiger partial charge in [0.2, 0.25) is 5.79 Å². The van der Waals surface area contributed by atoms with Crippen LogP contribution in [0.3, 0.4) is 0 Å². The molecule has 0 amide bonds. The highest BCUT2D eigenvalue weighted by Gasteiger charge is 2.57. The summed E-state index contributed by atoms with van der Waals surface area (Å²) in [5, 5.41) is 77.5. The van der Waals surface area contributed by atoms with Crippen LogP contribution >= 0.6 is 23.2 Å². The molecule has 0 aliphatic carbocycles. The maximum absolute atomic E-state index is 11.6. The minimum atomic E-state index is -2.27. The molecule has 4 aromatic rings. The molecule has 0 bridgehead atoms. The Morgan fingerprint density at radius 3 is 1.68 bits per heavy atom. The molecule has 12 atom stereocenters. The molecule has 0 aromatic heterocycles. The number of hydrogen-bond acceptors (Lipinski definition) is 14. The van der Waals surface area contributed by atoms with Gasteiger partial charge in [-0.2, -0.15) is 0 Å². The molecule has 0 saturated carbocycles. The van der Waals surface area contributed by atoms with Crippen molar-refractivity contribution in [1.29, 1.82) is 0 Å². The molecule has 4 aliphatic rings. The first-order valence-electron chi connectivity index (χ1n) is 20.8. The summed E-state index contributed by atoms with van der Waals surface area (Å²) in [7, 11) is 0. The standard InChI is InChI=1S/C46H52Cl2O14/c47-35-19-29(6-5-27(35)17-25-1-9-31(10-2-25)59-33-13-15-56-22-33)44-42(53)41(52)40(51)38(61-44)24-58-46(45(55)43(54)39(50)37(21-49)62-46)30-8-7-28(36(48)20-30)18-26-3-11-32(12-4-26)60-34-14-16-57-23-34/h1-12,19-20,33-34,37-45,49-55H,13-18,21-24H2/t33-,34-,37+,38+,39+,40+,41-,42+,43-,44-,45+,46?/m0/s1. The molecule has 8 rings (SSSR count). The van der Waals surface area contributed by atoms with Crippen LogP contribution in [0.2, 0.25) is 10.0 Å². The summed E-state index contributed by atoms with van der Waals surface area (Å²) in [5.74, 6) is -0.788. The largest absolute Gasteiger partial charge is 0.488 e. The van der Waals surface area contributed by atoms with Crippen molar-refractivity contribution in [3.05, 3.63) is 128 Å². The average molecular weight is 900 g/mol. The fourth-order valence-corrected chi connectivity index (χ4v) is 8.86. The van der Waals surface area contributed by atoms with E-state index in [0.717, 1.165) is 41.0 Å². The fourth-order valence-electron chi connectivity index (χ4n) is 8.35. The van der Waals surface area contributed by atoms with Gasteiger partial charge in [0.15, 0.2) is 0 Å². The molecule has 4 aromatic carbocycles. The summed E-state index contributed by atoms with van der Waals surface area (Å²) < 4.78 is 41.3. The number of hydrogen-bond donors (Lipinski definition) is 7. The molecular formula is C46H52Cl2O14. The van der Waals surface area contributed by atoms with Gasteiger partial charge in [-0.25, -0.2) is 0 Å². The molecule has 14 nitrogen and oxygen atoms in total. The molecule has 4 saturated heterocycles. The maximum atomic E-state index is 11.6. The minimum Gasteiger partial charge on any atom is -0.488 e. The van der Waals surface area contributed by atoms with Crippen LogP contribution in [0.1, 0.15) is 52.3 Å². The monoisotopic (exact) mass is 898 g/mol. The predicted octanol–water partition coefficient (Wildman–Crippen LogP) is 3.38. The number of halogens is 2. The number of rotatable bonds is 14. The summed E-state index contributed by atoms with van der Waals surface area (Å²) in [4.78, 5) is 0. The Balaban J connectivity index is 0.982. The maximum Gasteiger partial charge on any atom is 0.225 e. The zero-order valence-corrected chi connectivity index (χ0v) is 35.3. The first-order chi connectivity index (χ1) is 29.9. The number of ether oxygens (including phenoxy) is 7. The second-order valence-electron chi connectivity index (χ2n) is 16.3. The number of aliphatic hydroxyl groups is 7. The zero-order chi connectivity index (χ0) is 43.5. The van der Waals surface area contributed by atoms with Crippen molar-refractivity contribution in [2.24, 2.45) is 0 Å². The molecule has 4 aliphatic heterocycles. The van der Waals surface area contributed by atoms with Crippen molar-refractivity contribution in [2.45, 2.75) is 98.6 Å². The van der Waals surface area contributed by atoms with E-state index in [1.807, 2.05) is 48.5 Å². The van der Waals surface area contributed by atoms with Gasteiger partial charge in [-0.1, -0.05) is 71.7 Å². The van der Waals surface area contributed by atoms with Gasteiger partial charge in [-0.05, 0) is 77.1 Å². The third-order valence-electron chi connectivity index (χ3n) is 12.0. The number of aliphatic hydroxyl groups excluding tert-OH is 7. The predicted molar refractivity (Wildman–Crippen MR) is 224 cm³/mol. The third kappa shape index (κ3) is 9.80. The van der Waals surface area contributed by atoms with Gasteiger partial charge >= 0.3 is 0 Å². The third-order valence-corrected chi connectivity index (χ3v) is 12.7. The molecule has 334 valence electrons. The topological polar surface area (TPSA) is 206 Å². The first kappa shape index (κ1) is 45.2. The van der Waals surface area contributed by atoms with Crippen LogP contribution < -0.4 is 9.47 Å². The Labute approximate surface area is 369 Å². The van der Waals surface area contributed by atoms with E-state index in [0.29, 0.717) is 55.4 Å². The van der Waals surface area contributed by atoms with Crippen LogP contribution in [0.25, 0.3) is 0 Å². The van der Waals surface area contributed by atoms with E-state index in [-0.39, 0.29) is 22.8 Å². The second kappa shape index (κ2) is 19.8. The Morgan fingerprint density at radius 2 is 1.16 bits per heavy atom. The molecule has 7 N–H and O–H groups in total. The van der Waals surface area contributed by atoms with Crippen molar-refractivity contribution in [1.82, 2.24) is 0 Å². The van der Waals surface area contributed by atoms with Crippen LogP contribution in [-0.2, 0) is 42.3 Å². The van der Waals surface area contributed by atoms with Gasteiger partial charge in [0.05, 0.1) is 39.6 Å². The van der Waals surface area contributed by atoms with Crippen molar-refractivity contribution in [3.8, 4) is 11.5 Å². The number of benzene rings is 4. The lowest BCUT2D eigenvalue weighted by Gasteiger charge is -2.49. The summed E-state index contributed by atoms with van der Waals surface area (Å²) in [6, 6.07) is 25.3. The van der Waals surface area contributed by atoms with Gasteiger partial charge in [0.1, 0.15) is 78.6 Å². The van der Waals surface area contributed by atoms with Crippen molar-refractivity contribution >= 4 is 23.2 Å². The van der Waals surface area contributed by atoms with Crippen LogP contribution in [0.15, 0.2) is 84.9 Å². The average Bonchev–Trinajstić information content (AvgIpc) is 4.00. The van der Waals surface area contributed by atoms with E-state index < -0.39 is 73.9 Å². The van der Waals surface area contributed by atoms with Gasteiger partial charge in [-0.3, -0.25) is 0 Å². The van der Waals surface area contributed by atoms with Gasteiger partial charge < -0.3 is 68.9 Å². The van der Waals surface area contributed by atoms with E-state index in [2.05, 4.69) is 0 Å². The lowest BCUT2D eigenvalue weighted by Crippen LogP contribution is -2.65. The van der Waals surface area contributed by atoms with Crippen LogP contribution in [-0.4, -0.2) is 136 Å². The fraction of sp³-hybridized carbons (Fsp3) is 0.478. The molecule has 0 radical (unpaired) electrons. The molecule has 16 heteroatoms. The minimum absolute atomic E-state index is 0.0155. The highest BCUT2D eigenvalue weighted by atomic mass is 35.5. The Bertz CT molecular complexity index is 2090. The van der Waals surface area contributed by atoms with Gasteiger partial charge in [-0.15, -0.1) is 0 Å². The second-order valence-corrected chi connectivity index (χ2v) is 17.1. The van der Waals surface area contributed by atoms with Crippen LogP contribution in [0, 0.1) is 0 Å². The summed E-state index contributed by atoms with van der Waals surface area (Å²) >= 11 is 13.6. The normalized spacial score (nSPS) is 32.5.